The molecule has 2 heterocycles. The summed E-state index contributed by atoms with van der Waals surface area (Å²) in [5.41, 5.74) is 7.78. The molecule has 1 unspecified atom stereocenters. The van der Waals surface area contributed by atoms with Crippen LogP contribution in [0.3, 0.4) is 0 Å². The van der Waals surface area contributed by atoms with Crippen molar-refractivity contribution in [2.45, 2.75) is 19.4 Å². The molecule has 3 rings (SSSR count). The van der Waals surface area contributed by atoms with E-state index < -0.39 is 0 Å². The second-order valence-corrected chi connectivity index (χ2v) is 6.55. The highest BCUT2D eigenvalue weighted by atomic mass is 35.5. The van der Waals surface area contributed by atoms with E-state index in [-0.39, 0.29) is 11.9 Å². The molecule has 2 aromatic heterocycles. The topological polar surface area (TPSA) is 39.2 Å². The maximum absolute atomic E-state index is 13.3. The van der Waals surface area contributed by atoms with Crippen LogP contribution < -0.4 is 5.73 Å². The minimum atomic E-state index is -0.272. The largest absolute Gasteiger partial charge is 0.459 e. The molecule has 1 atom stereocenters. The molecule has 0 radical (unpaired) electrons. The molecule has 3 aromatic rings. The first-order chi connectivity index (χ1) is 9.54. The lowest BCUT2D eigenvalue weighted by Gasteiger charge is -2.08. The number of thiophene rings is 1. The van der Waals surface area contributed by atoms with E-state index in [9.17, 15) is 4.39 Å². The molecule has 0 saturated heterocycles. The summed E-state index contributed by atoms with van der Waals surface area (Å²) in [6, 6.07) is 8.06. The first-order valence-corrected chi connectivity index (χ1v) is 7.42. The Kier molecular flexibility index (Phi) is 3.54. The van der Waals surface area contributed by atoms with Crippen LogP contribution in [0.4, 0.5) is 4.39 Å². The summed E-state index contributed by atoms with van der Waals surface area (Å²) >= 11 is 7.43. The van der Waals surface area contributed by atoms with Gasteiger partial charge in [0.05, 0.1) is 10.4 Å². The fraction of sp³-hybridized carbons (Fsp3) is 0.200. The Labute approximate surface area is 125 Å². The Bertz CT molecular complexity index is 764. The zero-order valence-electron chi connectivity index (χ0n) is 10.8. The number of nitrogens with two attached hydrogens (primary N) is 1. The van der Waals surface area contributed by atoms with Gasteiger partial charge in [-0.3, -0.25) is 0 Å². The summed E-state index contributed by atoms with van der Waals surface area (Å²) in [4.78, 5) is 1.11. The van der Waals surface area contributed by atoms with Crippen LogP contribution in [0.25, 0.3) is 11.0 Å². The van der Waals surface area contributed by atoms with Crippen LogP contribution in [0, 0.1) is 12.7 Å². The molecule has 0 bridgehead atoms. The van der Waals surface area contributed by atoms with Gasteiger partial charge >= 0.3 is 0 Å². The van der Waals surface area contributed by atoms with Crippen LogP contribution in [0.15, 0.2) is 34.7 Å². The van der Waals surface area contributed by atoms with Crippen molar-refractivity contribution in [3.8, 4) is 0 Å². The molecule has 0 aliphatic heterocycles. The van der Waals surface area contributed by atoms with Crippen LogP contribution in [0.1, 0.15) is 22.2 Å². The molecular weight excluding hydrogens is 297 g/mol. The Morgan fingerprint density at radius 2 is 2.15 bits per heavy atom. The lowest BCUT2D eigenvalue weighted by molar-refractivity contribution is 0.491. The number of furan rings is 1. The maximum atomic E-state index is 13.3. The lowest BCUT2D eigenvalue weighted by Crippen LogP contribution is -2.12. The second-order valence-electron chi connectivity index (χ2n) is 4.75. The molecule has 2 N–H and O–H groups in total. The zero-order chi connectivity index (χ0) is 14.3. The van der Waals surface area contributed by atoms with Crippen molar-refractivity contribution in [2.24, 2.45) is 5.73 Å². The third kappa shape index (κ3) is 2.46. The fourth-order valence-electron chi connectivity index (χ4n) is 2.34. The highest BCUT2D eigenvalue weighted by Gasteiger charge is 2.18. The van der Waals surface area contributed by atoms with Gasteiger partial charge in [0.1, 0.15) is 17.2 Å². The number of fused-ring (bicyclic) bond motifs is 1. The standard InChI is InChI=1S/C15H13ClFNOS/c1-8-11-6-9(17)2-4-13(11)19-15(8)12(18)7-10-3-5-14(16)20-10/h2-6,12H,7,18H2,1H3. The van der Waals surface area contributed by atoms with Crippen LogP contribution in [-0.4, -0.2) is 0 Å². The normalized spacial score (nSPS) is 13.0. The first-order valence-electron chi connectivity index (χ1n) is 6.23. The Morgan fingerprint density at radius 1 is 1.35 bits per heavy atom. The average molecular weight is 310 g/mol. The highest BCUT2D eigenvalue weighted by Crippen LogP contribution is 2.32. The molecular formula is C15H13ClFNOS. The van der Waals surface area contributed by atoms with E-state index in [1.54, 1.807) is 6.07 Å². The van der Waals surface area contributed by atoms with Crippen molar-refractivity contribution in [3.05, 3.63) is 56.7 Å². The van der Waals surface area contributed by atoms with Crippen LogP contribution in [0.5, 0.6) is 0 Å². The number of hydrogen-bond donors (Lipinski definition) is 1. The van der Waals surface area contributed by atoms with Gasteiger partial charge in [0, 0.05) is 22.2 Å². The van der Waals surface area contributed by atoms with Gasteiger partial charge in [0.2, 0.25) is 0 Å². The van der Waals surface area contributed by atoms with E-state index in [0.717, 1.165) is 20.2 Å². The average Bonchev–Trinajstić information content (AvgIpc) is 2.94. The predicted octanol–water partition coefficient (Wildman–Crippen LogP) is 4.84. The van der Waals surface area contributed by atoms with Crippen molar-refractivity contribution < 1.29 is 8.81 Å². The lowest BCUT2D eigenvalue weighted by atomic mass is 10.1. The third-order valence-corrected chi connectivity index (χ3v) is 4.58. The zero-order valence-corrected chi connectivity index (χ0v) is 12.4. The number of halogens is 2. The van der Waals surface area contributed by atoms with E-state index in [1.165, 1.54) is 23.5 Å². The SMILES string of the molecule is Cc1c(C(N)Cc2ccc(Cl)s2)oc2ccc(F)cc12. The summed E-state index contributed by atoms with van der Waals surface area (Å²) < 4.78 is 19.8. The molecule has 0 spiro atoms. The molecule has 5 heteroatoms. The van der Waals surface area contributed by atoms with Gasteiger partial charge in [-0.05, 0) is 37.3 Å². The van der Waals surface area contributed by atoms with Crippen LogP contribution in [-0.2, 0) is 6.42 Å². The number of aryl methyl sites for hydroxylation is 1. The summed E-state index contributed by atoms with van der Waals surface area (Å²) in [6.07, 6.45) is 0.653. The minimum Gasteiger partial charge on any atom is -0.459 e. The van der Waals surface area contributed by atoms with Gasteiger partial charge < -0.3 is 10.2 Å². The fourth-order valence-corrected chi connectivity index (χ4v) is 3.48. The van der Waals surface area contributed by atoms with E-state index in [1.807, 2.05) is 19.1 Å². The van der Waals surface area contributed by atoms with Gasteiger partial charge in [-0.25, -0.2) is 4.39 Å². The van der Waals surface area contributed by atoms with Gasteiger partial charge in [-0.15, -0.1) is 11.3 Å². The Morgan fingerprint density at radius 3 is 2.85 bits per heavy atom. The monoisotopic (exact) mass is 309 g/mol. The van der Waals surface area contributed by atoms with Crippen molar-refractivity contribution in [1.29, 1.82) is 0 Å². The minimum absolute atomic E-state index is 0.264. The van der Waals surface area contributed by atoms with Crippen molar-refractivity contribution in [3.63, 3.8) is 0 Å². The predicted molar refractivity (Wildman–Crippen MR) is 80.9 cm³/mol. The smallest absolute Gasteiger partial charge is 0.134 e. The molecule has 104 valence electrons. The van der Waals surface area contributed by atoms with Crippen molar-refractivity contribution in [2.75, 3.05) is 0 Å². The Balaban J connectivity index is 1.95. The molecule has 0 amide bonds. The van der Waals surface area contributed by atoms with Crippen LogP contribution >= 0.6 is 22.9 Å². The summed E-state index contributed by atoms with van der Waals surface area (Å²) in [7, 11) is 0. The summed E-state index contributed by atoms with van der Waals surface area (Å²) in [5, 5.41) is 0.777. The maximum Gasteiger partial charge on any atom is 0.134 e. The summed E-state index contributed by atoms with van der Waals surface area (Å²) in [5.74, 6) is 0.432. The molecule has 0 aliphatic rings. The second kappa shape index (κ2) is 5.20. The van der Waals surface area contributed by atoms with Gasteiger partial charge in [0.25, 0.3) is 0 Å². The first kappa shape index (κ1) is 13.6. The summed E-state index contributed by atoms with van der Waals surface area (Å²) in [6.45, 7) is 1.90. The molecule has 20 heavy (non-hydrogen) atoms. The van der Waals surface area contributed by atoms with E-state index in [4.69, 9.17) is 21.8 Å². The quantitative estimate of drug-likeness (QED) is 0.752. The molecule has 0 aliphatic carbocycles. The number of rotatable bonds is 3. The van der Waals surface area contributed by atoms with Gasteiger partial charge in [-0.1, -0.05) is 11.6 Å². The highest BCUT2D eigenvalue weighted by molar-refractivity contribution is 7.16. The van der Waals surface area contributed by atoms with Crippen molar-refractivity contribution in [1.82, 2.24) is 0 Å². The van der Waals surface area contributed by atoms with Gasteiger partial charge in [-0.2, -0.15) is 0 Å². The Hall–Kier alpha value is -1.36. The molecule has 2 nitrogen and oxygen atoms in total. The van der Waals surface area contributed by atoms with E-state index in [0.29, 0.717) is 17.8 Å². The van der Waals surface area contributed by atoms with Gasteiger partial charge in [0.15, 0.2) is 0 Å². The third-order valence-electron chi connectivity index (χ3n) is 3.32. The molecule has 0 saturated carbocycles. The van der Waals surface area contributed by atoms with Crippen LogP contribution in [0.2, 0.25) is 4.34 Å². The molecule has 0 fully saturated rings. The number of hydrogen-bond acceptors (Lipinski definition) is 3. The molecule has 1 aromatic carbocycles. The van der Waals surface area contributed by atoms with E-state index in [2.05, 4.69) is 0 Å². The van der Waals surface area contributed by atoms with E-state index >= 15 is 0 Å². The van der Waals surface area contributed by atoms with Crippen molar-refractivity contribution >= 4 is 33.9 Å². The number of benzene rings is 1.